The molecule has 0 atom stereocenters. The van der Waals surface area contributed by atoms with Crippen molar-refractivity contribution in [2.45, 2.75) is 6.92 Å². The third kappa shape index (κ3) is 4.07. The summed E-state index contributed by atoms with van der Waals surface area (Å²) in [6.45, 7) is 1.79. The standard InChI is InChI=1S/C17H15ClN4O3/c1-10-7-16(22-25-10)21-15-8-11(5-6-19-15)17(23)20-13-9-12(18)3-4-14(13)24-2/h3-9H,1-2H3,(H,20,23)(H,19,21,22). The van der Waals surface area contributed by atoms with E-state index in [4.69, 9.17) is 20.9 Å². The van der Waals surface area contributed by atoms with E-state index in [1.807, 2.05) is 0 Å². The molecular formula is C17H15ClN4O3. The van der Waals surface area contributed by atoms with Crippen LogP contribution in [0, 0.1) is 6.92 Å². The van der Waals surface area contributed by atoms with Gasteiger partial charge in [0.15, 0.2) is 5.82 Å². The molecule has 25 heavy (non-hydrogen) atoms. The first-order valence-corrected chi connectivity index (χ1v) is 7.74. The van der Waals surface area contributed by atoms with Crippen LogP contribution in [0.5, 0.6) is 5.75 Å². The van der Waals surface area contributed by atoms with Gasteiger partial charge in [-0.1, -0.05) is 16.8 Å². The minimum absolute atomic E-state index is 0.317. The van der Waals surface area contributed by atoms with Crippen LogP contribution in [0.3, 0.4) is 0 Å². The average molecular weight is 359 g/mol. The normalized spacial score (nSPS) is 10.4. The monoisotopic (exact) mass is 358 g/mol. The lowest BCUT2D eigenvalue weighted by Gasteiger charge is -2.11. The van der Waals surface area contributed by atoms with E-state index in [9.17, 15) is 4.79 Å². The van der Waals surface area contributed by atoms with Crippen LogP contribution in [0.1, 0.15) is 16.1 Å². The maximum absolute atomic E-state index is 12.5. The summed E-state index contributed by atoms with van der Waals surface area (Å²) in [5.74, 6) is 1.85. The number of anilines is 3. The summed E-state index contributed by atoms with van der Waals surface area (Å²) in [5.41, 5.74) is 0.901. The van der Waals surface area contributed by atoms with Crippen LogP contribution in [-0.4, -0.2) is 23.2 Å². The van der Waals surface area contributed by atoms with E-state index in [0.717, 1.165) is 0 Å². The lowest BCUT2D eigenvalue weighted by Crippen LogP contribution is -2.13. The van der Waals surface area contributed by atoms with Crippen LogP contribution >= 0.6 is 11.6 Å². The van der Waals surface area contributed by atoms with E-state index in [1.165, 1.54) is 13.3 Å². The Morgan fingerprint density at radius 3 is 2.76 bits per heavy atom. The Balaban J connectivity index is 1.78. The van der Waals surface area contributed by atoms with E-state index in [0.29, 0.717) is 39.4 Å². The number of ether oxygens (including phenoxy) is 1. The SMILES string of the molecule is COc1ccc(Cl)cc1NC(=O)c1ccnc(Nc2cc(C)on2)c1. The third-order valence-corrected chi connectivity index (χ3v) is 3.55. The number of aromatic nitrogens is 2. The first-order chi connectivity index (χ1) is 12.0. The molecule has 2 aromatic heterocycles. The predicted molar refractivity (Wildman–Crippen MR) is 94.7 cm³/mol. The fraction of sp³-hybridized carbons (Fsp3) is 0.118. The lowest BCUT2D eigenvalue weighted by molar-refractivity contribution is 0.102. The van der Waals surface area contributed by atoms with E-state index < -0.39 is 0 Å². The molecule has 1 aromatic carbocycles. The van der Waals surface area contributed by atoms with Crippen LogP contribution in [0.15, 0.2) is 47.1 Å². The van der Waals surface area contributed by atoms with Crippen molar-refractivity contribution in [2.75, 3.05) is 17.7 Å². The molecule has 7 nitrogen and oxygen atoms in total. The Morgan fingerprint density at radius 2 is 2.04 bits per heavy atom. The van der Waals surface area contributed by atoms with Gasteiger partial charge in [-0.15, -0.1) is 0 Å². The Labute approximate surface area is 149 Å². The quantitative estimate of drug-likeness (QED) is 0.715. The summed E-state index contributed by atoms with van der Waals surface area (Å²) in [6.07, 6.45) is 1.53. The van der Waals surface area contributed by atoms with Gasteiger partial charge in [0.2, 0.25) is 0 Å². The summed E-state index contributed by atoms with van der Waals surface area (Å²) in [7, 11) is 1.52. The second-order valence-electron chi connectivity index (χ2n) is 5.18. The van der Waals surface area contributed by atoms with Crippen molar-refractivity contribution in [3.63, 3.8) is 0 Å². The number of benzene rings is 1. The fourth-order valence-corrected chi connectivity index (χ4v) is 2.34. The number of nitrogens with zero attached hydrogens (tertiary/aromatic N) is 2. The molecule has 0 saturated heterocycles. The van der Waals surface area contributed by atoms with Gasteiger partial charge in [0.1, 0.15) is 17.3 Å². The summed E-state index contributed by atoms with van der Waals surface area (Å²) in [4.78, 5) is 16.7. The van der Waals surface area contributed by atoms with Gasteiger partial charge in [0.05, 0.1) is 12.8 Å². The van der Waals surface area contributed by atoms with Crippen molar-refractivity contribution in [3.05, 3.63) is 58.9 Å². The number of rotatable bonds is 5. The molecule has 2 N–H and O–H groups in total. The summed E-state index contributed by atoms with van der Waals surface area (Å²) in [5, 5.41) is 10.1. The highest BCUT2D eigenvalue weighted by atomic mass is 35.5. The van der Waals surface area contributed by atoms with E-state index in [1.54, 1.807) is 43.3 Å². The van der Waals surface area contributed by atoms with Gasteiger partial charge < -0.3 is 19.9 Å². The molecular weight excluding hydrogens is 344 g/mol. The van der Waals surface area contributed by atoms with E-state index >= 15 is 0 Å². The van der Waals surface area contributed by atoms with Crippen molar-refractivity contribution in [1.82, 2.24) is 10.1 Å². The average Bonchev–Trinajstić information content (AvgIpc) is 3.00. The number of methoxy groups -OCH3 is 1. The second kappa shape index (κ2) is 7.23. The maximum atomic E-state index is 12.5. The highest BCUT2D eigenvalue weighted by Crippen LogP contribution is 2.28. The topological polar surface area (TPSA) is 89.3 Å². The van der Waals surface area contributed by atoms with E-state index in [2.05, 4.69) is 20.8 Å². The van der Waals surface area contributed by atoms with Gasteiger partial charge >= 0.3 is 0 Å². The number of nitrogens with one attached hydrogen (secondary N) is 2. The van der Waals surface area contributed by atoms with E-state index in [-0.39, 0.29) is 5.91 Å². The van der Waals surface area contributed by atoms with Crippen LogP contribution in [0.4, 0.5) is 17.3 Å². The highest BCUT2D eigenvalue weighted by molar-refractivity contribution is 6.31. The summed E-state index contributed by atoms with van der Waals surface area (Å²) >= 11 is 5.98. The van der Waals surface area contributed by atoms with Gasteiger partial charge in [0.25, 0.3) is 5.91 Å². The molecule has 128 valence electrons. The van der Waals surface area contributed by atoms with Crippen molar-refractivity contribution in [3.8, 4) is 5.75 Å². The molecule has 0 aliphatic rings. The molecule has 0 aliphatic carbocycles. The number of pyridine rings is 1. The molecule has 0 unspecified atom stereocenters. The smallest absolute Gasteiger partial charge is 0.255 e. The van der Waals surface area contributed by atoms with Crippen LogP contribution in [-0.2, 0) is 0 Å². The van der Waals surface area contributed by atoms with Crippen molar-refractivity contribution in [2.24, 2.45) is 0 Å². The number of carbonyl (C=O) groups is 1. The molecule has 0 bridgehead atoms. The van der Waals surface area contributed by atoms with Gasteiger partial charge in [-0.3, -0.25) is 4.79 Å². The van der Waals surface area contributed by atoms with Crippen molar-refractivity contribution < 1.29 is 14.1 Å². The molecule has 0 fully saturated rings. The number of aryl methyl sites for hydroxylation is 1. The maximum Gasteiger partial charge on any atom is 0.255 e. The van der Waals surface area contributed by atoms with Gasteiger partial charge in [-0.25, -0.2) is 4.98 Å². The Kier molecular flexibility index (Phi) is 4.85. The summed E-state index contributed by atoms with van der Waals surface area (Å²) in [6, 6.07) is 9.93. The molecule has 0 aliphatic heterocycles. The van der Waals surface area contributed by atoms with Gasteiger partial charge in [0, 0.05) is 22.8 Å². The van der Waals surface area contributed by atoms with Crippen LogP contribution < -0.4 is 15.4 Å². The molecule has 8 heteroatoms. The predicted octanol–water partition coefficient (Wildman–Crippen LogP) is 4.04. The van der Waals surface area contributed by atoms with Gasteiger partial charge in [-0.05, 0) is 37.3 Å². The zero-order chi connectivity index (χ0) is 17.8. The number of amides is 1. The van der Waals surface area contributed by atoms with Crippen LogP contribution in [0.25, 0.3) is 0 Å². The molecule has 3 aromatic rings. The molecule has 0 radical (unpaired) electrons. The molecule has 2 heterocycles. The molecule has 3 rings (SSSR count). The summed E-state index contributed by atoms with van der Waals surface area (Å²) < 4.78 is 10.2. The first kappa shape index (κ1) is 16.8. The largest absolute Gasteiger partial charge is 0.495 e. The Morgan fingerprint density at radius 1 is 1.20 bits per heavy atom. The lowest BCUT2D eigenvalue weighted by atomic mass is 10.2. The second-order valence-corrected chi connectivity index (χ2v) is 5.61. The zero-order valence-electron chi connectivity index (χ0n) is 13.5. The van der Waals surface area contributed by atoms with Crippen molar-refractivity contribution >= 4 is 34.8 Å². The number of hydrogen-bond donors (Lipinski definition) is 2. The Hall–Kier alpha value is -3.06. The molecule has 0 spiro atoms. The molecule has 0 saturated carbocycles. The molecule has 1 amide bonds. The fourth-order valence-electron chi connectivity index (χ4n) is 2.17. The van der Waals surface area contributed by atoms with Crippen molar-refractivity contribution in [1.29, 1.82) is 0 Å². The first-order valence-electron chi connectivity index (χ1n) is 7.36. The minimum atomic E-state index is -0.317. The third-order valence-electron chi connectivity index (χ3n) is 3.32. The minimum Gasteiger partial charge on any atom is -0.495 e. The van der Waals surface area contributed by atoms with Crippen LogP contribution in [0.2, 0.25) is 5.02 Å². The number of hydrogen-bond acceptors (Lipinski definition) is 6. The van der Waals surface area contributed by atoms with Gasteiger partial charge in [-0.2, -0.15) is 0 Å². The number of carbonyl (C=O) groups excluding carboxylic acids is 1. The highest BCUT2D eigenvalue weighted by Gasteiger charge is 2.12. The Bertz CT molecular complexity index is 910. The number of halogens is 1. The zero-order valence-corrected chi connectivity index (χ0v) is 14.3.